The van der Waals surface area contributed by atoms with E-state index in [1.54, 1.807) is 0 Å². The van der Waals surface area contributed by atoms with Crippen LogP contribution in [0.4, 0.5) is 0 Å². The fraction of sp³-hybridized carbons (Fsp3) is 0.286. The van der Waals surface area contributed by atoms with Crippen LogP contribution in [-0.2, 0) is 13.0 Å². The van der Waals surface area contributed by atoms with Gasteiger partial charge in [-0.2, -0.15) is 0 Å². The number of imidazole rings is 1. The fourth-order valence-electron chi connectivity index (χ4n) is 1.91. The van der Waals surface area contributed by atoms with Crippen LogP contribution in [0.1, 0.15) is 18.3 Å². The summed E-state index contributed by atoms with van der Waals surface area (Å²) < 4.78 is 7.84. The van der Waals surface area contributed by atoms with Crippen LogP contribution >= 0.6 is 12.2 Å². The summed E-state index contributed by atoms with van der Waals surface area (Å²) in [6, 6.07) is 7.55. The van der Waals surface area contributed by atoms with Crippen LogP contribution in [0.3, 0.4) is 0 Å². The van der Waals surface area contributed by atoms with Crippen LogP contribution in [0.2, 0.25) is 0 Å². The third kappa shape index (κ3) is 3.32. The van der Waals surface area contributed by atoms with Crippen molar-refractivity contribution in [2.45, 2.75) is 19.9 Å². The van der Waals surface area contributed by atoms with Crippen LogP contribution in [0, 0.1) is 0 Å². The number of nitrogens with zero attached hydrogens (tertiary/aromatic N) is 2. The van der Waals surface area contributed by atoms with Gasteiger partial charge in [0.15, 0.2) is 0 Å². The van der Waals surface area contributed by atoms with Crippen LogP contribution in [-0.4, -0.2) is 21.1 Å². The molecular formula is C14H17N3OS. The first kappa shape index (κ1) is 13.5. The maximum atomic E-state index is 5.76. The number of rotatable bonds is 6. The lowest BCUT2D eigenvalue weighted by Crippen LogP contribution is -2.14. The predicted octanol–water partition coefficient (Wildman–Crippen LogP) is 2.16. The highest BCUT2D eigenvalue weighted by atomic mass is 32.1. The summed E-state index contributed by atoms with van der Waals surface area (Å²) in [6.45, 7) is 3.40. The highest BCUT2D eigenvalue weighted by Gasteiger charge is 2.06. The minimum atomic E-state index is 0.354. The standard InChI is InChI=1S/C14H17N3OS/c1-2-13-16-7-8-17(13)9-10-18-12-6-4-3-5-11(12)14(15)19/h3-8H,2,9-10H2,1H3,(H2,15,19). The molecule has 0 saturated carbocycles. The Kier molecular flexibility index (Phi) is 4.52. The van der Waals surface area contributed by atoms with Crippen molar-refractivity contribution in [3.8, 4) is 5.75 Å². The molecule has 5 heteroatoms. The van der Waals surface area contributed by atoms with E-state index in [1.807, 2.05) is 36.7 Å². The van der Waals surface area contributed by atoms with Gasteiger partial charge < -0.3 is 15.0 Å². The molecule has 0 fully saturated rings. The Hall–Kier alpha value is -1.88. The van der Waals surface area contributed by atoms with E-state index in [0.29, 0.717) is 11.6 Å². The summed E-state index contributed by atoms with van der Waals surface area (Å²) in [6.07, 6.45) is 4.68. The Morgan fingerprint density at radius 3 is 2.95 bits per heavy atom. The van der Waals surface area contributed by atoms with Crippen molar-refractivity contribution in [3.05, 3.63) is 48.0 Å². The molecule has 2 N–H and O–H groups in total. The van der Waals surface area contributed by atoms with Gasteiger partial charge in [-0.25, -0.2) is 4.98 Å². The molecule has 2 rings (SSSR count). The summed E-state index contributed by atoms with van der Waals surface area (Å²) >= 11 is 5.00. The minimum Gasteiger partial charge on any atom is -0.491 e. The van der Waals surface area contributed by atoms with E-state index in [0.717, 1.165) is 30.1 Å². The molecule has 0 aliphatic heterocycles. The first-order valence-electron chi connectivity index (χ1n) is 6.24. The summed E-state index contributed by atoms with van der Waals surface area (Å²) in [5.41, 5.74) is 6.44. The van der Waals surface area contributed by atoms with E-state index >= 15 is 0 Å². The number of hydrogen-bond donors (Lipinski definition) is 1. The van der Waals surface area contributed by atoms with Gasteiger partial charge in [-0.3, -0.25) is 0 Å². The molecule has 1 aromatic carbocycles. The lowest BCUT2D eigenvalue weighted by molar-refractivity contribution is 0.296. The number of thiocarbonyl (C=S) groups is 1. The summed E-state index contributed by atoms with van der Waals surface area (Å²) in [7, 11) is 0. The van der Waals surface area contributed by atoms with Gasteiger partial charge >= 0.3 is 0 Å². The first-order chi connectivity index (χ1) is 9.22. The zero-order valence-corrected chi connectivity index (χ0v) is 11.7. The predicted molar refractivity (Wildman–Crippen MR) is 79.4 cm³/mol. The Morgan fingerprint density at radius 2 is 2.21 bits per heavy atom. The maximum Gasteiger partial charge on any atom is 0.129 e. The highest BCUT2D eigenvalue weighted by molar-refractivity contribution is 7.80. The molecule has 2 aromatic rings. The summed E-state index contributed by atoms with van der Waals surface area (Å²) in [4.78, 5) is 4.63. The molecule has 0 bridgehead atoms. The Balaban J connectivity index is 1.98. The second-order valence-corrected chi connectivity index (χ2v) is 4.54. The van der Waals surface area contributed by atoms with Gasteiger partial charge in [0, 0.05) is 18.8 Å². The van der Waals surface area contributed by atoms with Crippen molar-refractivity contribution in [3.63, 3.8) is 0 Å². The number of benzene rings is 1. The second-order valence-electron chi connectivity index (χ2n) is 4.10. The van der Waals surface area contributed by atoms with Crippen molar-refractivity contribution in [1.29, 1.82) is 0 Å². The molecule has 4 nitrogen and oxygen atoms in total. The van der Waals surface area contributed by atoms with Crippen LogP contribution in [0.5, 0.6) is 5.75 Å². The molecule has 0 atom stereocenters. The van der Waals surface area contributed by atoms with E-state index in [4.69, 9.17) is 22.7 Å². The normalized spacial score (nSPS) is 10.4. The van der Waals surface area contributed by atoms with Gasteiger partial charge in [0.25, 0.3) is 0 Å². The average Bonchev–Trinajstić information content (AvgIpc) is 2.86. The van der Waals surface area contributed by atoms with Crippen molar-refractivity contribution >= 4 is 17.2 Å². The van der Waals surface area contributed by atoms with Gasteiger partial charge in [0.2, 0.25) is 0 Å². The SMILES string of the molecule is CCc1nccn1CCOc1ccccc1C(N)=S. The van der Waals surface area contributed by atoms with Crippen LogP contribution < -0.4 is 10.5 Å². The Labute approximate surface area is 118 Å². The largest absolute Gasteiger partial charge is 0.491 e. The van der Waals surface area contributed by atoms with E-state index in [-0.39, 0.29) is 0 Å². The highest BCUT2D eigenvalue weighted by Crippen LogP contribution is 2.17. The third-order valence-corrected chi connectivity index (χ3v) is 3.08. The van der Waals surface area contributed by atoms with Crippen molar-refractivity contribution < 1.29 is 4.74 Å². The molecule has 1 heterocycles. The molecule has 1 aromatic heterocycles. The molecular weight excluding hydrogens is 258 g/mol. The fourth-order valence-corrected chi connectivity index (χ4v) is 2.08. The molecule has 0 spiro atoms. The monoisotopic (exact) mass is 275 g/mol. The number of nitrogens with two attached hydrogens (primary N) is 1. The van der Waals surface area contributed by atoms with E-state index in [1.165, 1.54) is 0 Å². The summed E-state index contributed by atoms with van der Waals surface area (Å²) in [5.74, 6) is 1.79. The van der Waals surface area contributed by atoms with Gasteiger partial charge in [0.1, 0.15) is 23.2 Å². The Morgan fingerprint density at radius 1 is 1.42 bits per heavy atom. The van der Waals surface area contributed by atoms with Crippen molar-refractivity contribution in [1.82, 2.24) is 9.55 Å². The van der Waals surface area contributed by atoms with E-state index in [2.05, 4.69) is 16.5 Å². The number of para-hydroxylation sites is 1. The van der Waals surface area contributed by atoms with Gasteiger partial charge in [-0.05, 0) is 12.1 Å². The van der Waals surface area contributed by atoms with Crippen LogP contribution in [0.15, 0.2) is 36.7 Å². The van der Waals surface area contributed by atoms with Gasteiger partial charge in [-0.1, -0.05) is 31.3 Å². The lowest BCUT2D eigenvalue weighted by atomic mass is 10.2. The molecule has 19 heavy (non-hydrogen) atoms. The Bertz CT molecular complexity index is 565. The van der Waals surface area contributed by atoms with Gasteiger partial charge in [0.05, 0.1) is 12.1 Å². The van der Waals surface area contributed by atoms with Crippen molar-refractivity contribution in [2.75, 3.05) is 6.61 Å². The molecule has 0 unspecified atom stereocenters. The quantitative estimate of drug-likeness (QED) is 0.821. The number of aryl methyl sites for hydroxylation is 1. The molecule has 0 aliphatic rings. The number of hydrogen-bond acceptors (Lipinski definition) is 3. The molecule has 100 valence electrons. The molecule has 0 amide bonds. The number of ether oxygens (including phenoxy) is 1. The van der Waals surface area contributed by atoms with Crippen molar-refractivity contribution in [2.24, 2.45) is 5.73 Å². The summed E-state index contributed by atoms with van der Waals surface area (Å²) in [5, 5.41) is 0. The van der Waals surface area contributed by atoms with Gasteiger partial charge in [-0.15, -0.1) is 0 Å². The zero-order valence-electron chi connectivity index (χ0n) is 10.9. The van der Waals surface area contributed by atoms with E-state index < -0.39 is 0 Å². The minimum absolute atomic E-state index is 0.354. The first-order valence-corrected chi connectivity index (χ1v) is 6.65. The van der Waals surface area contributed by atoms with E-state index in [9.17, 15) is 0 Å². The lowest BCUT2D eigenvalue weighted by Gasteiger charge is -2.11. The maximum absolute atomic E-state index is 5.76. The number of aromatic nitrogens is 2. The van der Waals surface area contributed by atoms with Crippen LogP contribution in [0.25, 0.3) is 0 Å². The smallest absolute Gasteiger partial charge is 0.129 e. The average molecular weight is 275 g/mol. The second kappa shape index (κ2) is 6.33. The molecule has 0 aliphatic carbocycles. The topological polar surface area (TPSA) is 53.1 Å². The molecule has 0 radical (unpaired) electrons. The third-order valence-electron chi connectivity index (χ3n) is 2.86. The molecule has 0 saturated heterocycles. The zero-order chi connectivity index (χ0) is 13.7.